The van der Waals surface area contributed by atoms with E-state index in [1.807, 2.05) is 44.2 Å². The summed E-state index contributed by atoms with van der Waals surface area (Å²) in [6.45, 7) is 4.37. The molecule has 3 aromatic rings. The molecule has 0 aliphatic heterocycles. The predicted octanol–water partition coefficient (Wildman–Crippen LogP) is 3.99. The summed E-state index contributed by atoms with van der Waals surface area (Å²) in [4.78, 5) is 12.1. The van der Waals surface area contributed by atoms with E-state index in [2.05, 4.69) is 21.6 Å². The number of anilines is 1. The highest BCUT2D eigenvalue weighted by atomic mass is 32.1. The average Bonchev–Trinajstić information content (AvgIpc) is 3.02. The first kappa shape index (κ1) is 16.1. The average molecular weight is 339 g/mol. The van der Waals surface area contributed by atoms with Crippen molar-refractivity contribution in [3.05, 3.63) is 70.2 Å². The van der Waals surface area contributed by atoms with Crippen molar-refractivity contribution in [1.82, 2.24) is 10.2 Å². The van der Waals surface area contributed by atoms with E-state index < -0.39 is 0 Å². The highest BCUT2D eigenvalue weighted by molar-refractivity contribution is 7.15. The van der Waals surface area contributed by atoms with Crippen molar-refractivity contribution in [2.24, 2.45) is 0 Å². The Morgan fingerprint density at radius 2 is 1.92 bits per heavy atom. The van der Waals surface area contributed by atoms with Gasteiger partial charge in [0.05, 0.1) is 0 Å². The van der Waals surface area contributed by atoms with E-state index in [0.717, 1.165) is 11.3 Å². The topological polar surface area (TPSA) is 64.1 Å². The molecule has 1 heterocycles. The molecule has 0 radical (unpaired) electrons. The maximum absolute atomic E-state index is 12.1. The van der Waals surface area contributed by atoms with Gasteiger partial charge >= 0.3 is 0 Å². The molecule has 5 nitrogen and oxygen atoms in total. The number of hydrogen-bond acceptors (Lipinski definition) is 5. The zero-order valence-corrected chi connectivity index (χ0v) is 14.3. The molecule has 1 amide bonds. The van der Waals surface area contributed by atoms with E-state index in [4.69, 9.17) is 4.74 Å². The number of rotatable bonds is 5. The lowest BCUT2D eigenvalue weighted by atomic mass is 10.1. The number of carbonyl (C=O) groups excluding carboxylic acids is 1. The summed E-state index contributed by atoms with van der Waals surface area (Å²) < 4.78 is 5.78. The lowest BCUT2D eigenvalue weighted by Gasteiger charge is -2.07. The Balaban J connectivity index is 1.60. The zero-order chi connectivity index (χ0) is 16.9. The fourth-order valence-electron chi connectivity index (χ4n) is 2.22. The fraction of sp³-hybridized carbons (Fsp3) is 0.167. The monoisotopic (exact) mass is 339 g/mol. The van der Waals surface area contributed by atoms with Crippen LogP contribution in [0.15, 0.2) is 48.5 Å². The van der Waals surface area contributed by atoms with Gasteiger partial charge in [-0.2, -0.15) is 0 Å². The van der Waals surface area contributed by atoms with Crippen molar-refractivity contribution < 1.29 is 9.53 Å². The summed E-state index contributed by atoms with van der Waals surface area (Å²) in [5, 5.41) is 12.0. The lowest BCUT2D eigenvalue weighted by Crippen LogP contribution is -2.11. The van der Waals surface area contributed by atoms with Crippen LogP contribution < -0.4 is 10.1 Å². The highest BCUT2D eigenvalue weighted by Gasteiger charge is 2.10. The molecule has 0 spiro atoms. The molecule has 2 aromatic carbocycles. The second kappa shape index (κ2) is 7.23. The van der Waals surface area contributed by atoms with E-state index in [1.54, 1.807) is 12.1 Å². The van der Waals surface area contributed by atoms with Gasteiger partial charge < -0.3 is 4.74 Å². The number of aromatic nitrogens is 2. The van der Waals surface area contributed by atoms with Crippen LogP contribution in [0.25, 0.3) is 0 Å². The molecule has 0 bridgehead atoms. The predicted molar refractivity (Wildman–Crippen MR) is 94.6 cm³/mol. The third-order valence-corrected chi connectivity index (χ3v) is 4.22. The molecule has 0 saturated carbocycles. The minimum absolute atomic E-state index is 0.200. The smallest absolute Gasteiger partial charge is 0.257 e. The summed E-state index contributed by atoms with van der Waals surface area (Å²) >= 11 is 1.30. The van der Waals surface area contributed by atoms with Gasteiger partial charge in [-0.15, -0.1) is 10.2 Å². The zero-order valence-electron chi connectivity index (χ0n) is 13.4. The number of benzene rings is 2. The number of carbonyl (C=O) groups is 1. The van der Waals surface area contributed by atoms with Crippen molar-refractivity contribution in [2.45, 2.75) is 20.5 Å². The third kappa shape index (κ3) is 3.97. The van der Waals surface area contributed by atoms with Crippen LogP contribution in [0.2, 0.25) is 0 Å². The number of amides is 1. The SMILES string of the molecule is Cc1ccc(OCc2nnc(NC(=O)c3ccccc3)s2)c(C)c1. The Kier molecular flexibility index (Phi) is 4.86. The molecule has 24 heavy (non-hydrogen) atoms. The molecule has 1 N–H and O–H groups in total. The molecule has 0 atom stereocenters. The molecule has 0 aliphatic rings. The molecule has 122 valence electrons. The normalized spacial score (nSPS) is 10.4. The molecular formula is C18H17N3O2S. The summed E-state index contributed by atoms with van der Waals surface area (Å²) in [7, 11) is 0. The maximum atomic E-state index is 12.1. The Morgan fingerprint density at radius 1 is 1.12 bits per heavy atom. The Morgan fingerprint density at radius 3 is 2.67 bits per heavy atom. The molecule has 6 heteroatoms. The maximum Gasteiger partial charge on any atom is 0.257 e. The Hall–Kier alpha value is -2.73. The van der Waals surface area contributed by atoms with Crippen molar-refractivity contribution in [3.63, 3.8) is 0 Å². The van der Waals surface area contributed by atoms with E-state index >= 15 is 0 Å². The first-order valence-corrected chi connectivity index (χ1v) is 8.32. The van der Waals surface area contributed by atoms with Crippen molar-refractivity contribution in [2.75, 3.05) is 5.32 Å². The largest absolute Gasteiger partial charge is 0.486 e. The molecular weight excluding hydrogens is 322 g/mol. The van der Waals surface area contributed by atoms with Gasteiger partial charge in [-0.1, -0.05) is 47.2 Å². The molecule has 0 unspecified atom stereocenters. The summed E-state index contributed by atoms with van der Waals surface area (Å²) in [6.07, 6.45) is 0. The minimum atomic E-state index is -0.200. The number of aryl methyl sites for hydroxylation is 2. The van der Waals surface area contributed by atoms with Gasteiger partial charge in [0.15, 0.2) is 5.01 Å². The Labute approximate surface area is 144 Å². The van der Waals surface area contributed by atoms with Gasteiger partial charge in [0.2, 0.25) is 5.13 Å². The van der Waals surface area contributed by atoms with Gasteiger partial charge in [-0.05, 0) is 37.6 Å². The van der Waals surface area contributed by atoms with Crippen LogP contribution in [0, 0.1) is 13.8 Å². The van der Waals surface area contributed by atoms with Gasteiger partial charge in [0.1, 0.15) is 12.4 Å². The molecule has 1 aromatic heterocycles. The number of hydrogen-bond donors (Lipinski definition) is 1. The second-order valence-corrected chi connectivity index (χ2v) is 6.44. The van der Waals surface area contributed by atoms with E-state index in [0.29, 0.717) is 22.3 Å². The van der Waals surface area contributed by atoms with Gasteiger partial charge in [-0.3, -0.25) is 10.1 Å². The fourth-order valence-corrected chi connectivity index (χ4v) is 2.87. The summed E-state index contributed by atoms with van der Waals surface area (Å²) in [5.74, 6) is 0.624. The van der Waals surface area contributed by atoms with E-state index in [1.165, 1.54) is 16.9 Å². The van der Waals surface area contributed by atoms with Crippen molar-refractivity contribution in [1.29, 1.82) is 0 Å². The van der Waals surface area contributed by atoms with Crippen molar-refractivity contribution >= 4 is 22.4 Å². The second-order valence-electron chi connectivity index (χ2n) is 5.38. The molecule has 0 fully saturated rings. The number of ether oxygens (including phenoxy) is 1. The molecule has 3 rings (SSSR count). The van der Waals surface area contributed by atoms with E-state index in [9.17, 15) is 4.79 Å². The van der Waals surface area contributed by atoms with Crippen LogP contribution in [-0.2, 0) is 6.61 Å². The van der Waals surface area contributed by atoms with Crippen LogP contribution in [0.3, 0.4) is 0 Å². The number of nitrogens with one attached hydrogen (secondary N) is 1. The van der Waals surface area contributed by atoms with Gasteiger partial charge in [-0.25, -0.2) is 0 Å². The van der Waals surface area contributed by atoms with Crippen LogP contribution in [0.1, 0.15) is 26.5 Å². The first-order valence-electron chi connectivity index (χ1n) is 7.50. The minimum Gasteiger partial charge on any atom is -0.486 e. The van der Waals surface area contributed by atoms with Crippen molar-refractivity contribution in [3.8, 4) is 5.75 Å². The molecule has 0 aliphatic carbocycles. The van der Waals surface area contributed by atoms with Gasteiger partial charge in [0, 0.05) is 5.56 Å². The number of nitrogens with zero attached hydrogens (tertiary/aromatic N) is 2. The first-order chi connectivity index (χ1) is 11.6. The Bertz CT molecular complexity index is 846. The molecule has 0 saturated heterocycles. The quantitative estimate of drug-likeness (QED) is 0.763. The van der Waals surface area contributed by atoms with Crippen LogP contribution in [0.4, 0.5) is 5.13 Å². The van der Waals surface area contributed by atoms with Crippen LogP contribution in [-0.4, -0.2) is 16.1 Å². The van der Waals surface area contributed by atoms with E-state index in [-0.39, 0.29) is 5.91 Å². The van der Waals surface area contributed by atoms with Gasteiger partial charge in [0.25, 0.3) is 5.91 Å². The highest BCUT2D eigenvalue weighted by Crippen LogP contribution is 2.22. The van der Waals surface area contributed by atoms with Crippen LogP contribution >= 0.6 is 11.3 Å². The standard InChI is InChI=1S/C18H17N3O2S/c1-12-8-9-15(13(2)10-12)23-11-16-20-21-18(24-16)19-17(22)14-6-4-3-5-7-14/h3-10H,11H2,1-2H3,(H,19,21,22). The van der Waals surface area contributed by atoms with Crippen LogP contribution in [0.5, 0.6) is 5.75 Å². The lowest BCUT2D eigenvalue weighted by molar-refractivity contribution is 0.102. The summed E-state index contributed by atoms with van der Waals surface area (Å²) in [6, 6.07) is 15.0. The third-order valence-electron chi connectivity index (χ3n) is 3.40. The summed E-state index contributed by atoms with van der Waals surface area (Å²) in [5.41, 5.74) is 2.86.